The molecule has 0 spiro atoms. The van der Waals surface area contributed by atoms with Gasteiger partial charge in [0.2, 0.25) is 0 Å². The summed E-state index contributed by atoms with van der Waals surface area (Å²) in [5.41, 5.74) is 5.58. The maximum absolute atomic E-state index is 4.69. The fourth-order valence-corrected chi connectivity index (χ4v) is 2.68. The Labute approximate surface area is 125 Å². The predicted molar refractivity (Wildman–Crippen MR) is 90.1 cm³/mol. The molecule has 0 unspecified atom stereocenters. The summed E-state index contributed by atoms with van der Waals surface area (Å²) in [4.78, 5) is 4.69. The second kappa shape index (κ2) is 5.41. The predicted octanol–water partition coefficient (Wildman–Crippen LogP) is 5.06. The van der Waals surface area contributed by atoms with E-state index >= 15 is 0 Å². The molecule has 0 N–H and O–H groups in total. The third-order valence-electron chi connectivity index (χ3n) is 3.69. The summed E-state index contributed by atoms with van der Waals surface area (Å²) in [5.74, 6) is 0.975. The summed E-state index contributed by atoms with van der Waals surface area (Å²) in [6.07, 6.45) is 3.91. The Morgan fingerprint density at radius 1 is 1.10 bits per heavy atom. The quantitative estimate of drug-likeness (QED) is 0.610. The van der Waals surface area contributed by atoms with Gasteiger partial charge in [-0.3, -0.25) is 4.57 Å². The molecule has 21 heavy (non-hydrogen) atoms. The summed E-state index contributed by atoms with van der Waals surface area (Å²) in [6, 6.07) is 16.8. The first-order chi connectivity index (χ1) is 10.2. The normalized spacial score (nSPS) is 11.8. The van der Waals surface area contributed by atoms with Gasteiger partial charge in [-0.25, -0.2) is 4.98 Å². The van der Waals surface area contributed by atoms with E-state index in [9.17, 15) is 0 Å². The number of imidazole rings is 1. The molecule has 3 aromatic rings. The maximum Gasteiger partial charge on any atom is 0.111 e. The third-order valence-corrected chi connectivity index (χ3v) is 3.69. The number of aryl methyl sites for hydroxylation is 1. The number of allylic oxidation sites excluding steroid dienone is 3. The smallest absolute Gasteiger partial charge is 0.111 e. The van der Waals surface area contributed by atoms with Crippen LogP contribution < -0.4 is 0 Å². The van der Waals surface area contributed by atoms with Crippen LogP contribution in [0.4, 0.5) is 0 Å². The van der Waals surface area contributed by atoms with Gasteiger partial charge in [0.05, 0.1) is 11.0 Å². The van der Waals surface area contributed by atoms with Gasteiger partial charge in [-0.15, -0.1) is 0 Å². The first-order valence-electron chi connectivity index (χ1n) is 7.08. The van der Waals surface area contributed by atoms with E-state index in [1.807, 2.05) is 32.1 Å². The van der Waals surface area contributed by atoms with Crippen molar-refractivity contribution in [2.45, 2.75) is 13.8 Å². The monoisotopic (exact) mass is 274 g/mol. The highest BCUT2D eigenvalue weighted by molar-refractivity contribution is 5.86. The Bertz CT molecular complexity index is 823. The van der Waals surface area contributed by atoms with Gasteiger partial charge in [0, 0.05) is 5.70 Å². The zero-order valence-corrected chi connectivity index (χ0v) is 12.4. The Balaban J connectivity index is 2.20. The van der Waals surface area contributed by atoms with Gasteiger partial charge in [-0.1, -0.05) is 49.1 Å². The van der Waals surface area contributed by atoms with Gasteiger partial charge in [-0.2, -0.15) is 0 Å². The van der Waals surface area contributed by atoms with Crippen molar-refractivity contribution in [3.8, 4) is 11.1 Å². The Morgan fingerprint density at radius 2 is 1.86 bits per heavy atom. The molecule has 2 heteroatoms. The lowest BCUT2D eigenvalue weighted by molar-refractivity contribution is 1.03. The van der Waals surface area contributed by atoms with E-state index in [0.717, 1.165) is 22.6 Å². The SMILES string of the molecule is C=C/C(=C\C)n1c(C)nc2cc(-c3ccccc3)ccc21. The molecule has 0 radical (unpaired) electrons. The van der Waals surface area contributed by atoms with Gasteiger partial charge in [0.15, 0.2) is 0 Å². The van der Waals surface area contributed by atoms with Gasteiger partial charge >= 0.3 is 0 Å². The van der Waals surface area contributed by atoms with Crippen LogP contribution in [0.25, 0.3) is 27.9 Å². The van der Waals surface area contributed by atoms with Crippen molar-refractivity contribution >= 4 is 16.7 Å². The fourth-order valence-electron chi connectivity index (χ4n) is 2.68. The third kappa shape index (κ3) is 2.29. The van der Waals surface area contributed by atoms with E-state index < -0.39 is 0 Å². The van der Waals surface area contributed by atoms with E-state index in [-0.39, 0.29) is 0 Å². The van der Waals surface area contributed by atoms with Crippen molar-refractivity contribution < 1.29 is 0 Å². The van der Waals surface area contributed by atoms with Crippen LogP contribution in [0, 0.1) is 6.92 Å². The van der Waals surface area contributed by atoms with Crippen molar-refractivity contribution in [1.29, 1.82) is 0 Å². The topological polar surface area (TPSA) is 17.8 Å². The molecule has 104 valence electrons. The van der Waals surface area contributed by atoms with E-state index in [1.54, 1.807) is 0 Å². The van der Waals surface area contributed by atoms with Gasteiger partial charge in [0.25, 0.3) is 0 Å². The van der Waals surface area contributed by atoms with Crippen molar-refractivity contribution in [2.75, 3.05) is 0 Å². The van der Waals surface area contributed by atoms with Crippen LogP contribution >= 0.6 is 0 Å². The van der Waals surface area contributed by atoms with E-state index in [1.165, 1.54) is 11.1 Å². The van der Waals surface area contributed by atoms with Gasteiger partial charge in [-0.05, 0) is 43.2 Å². The molecule has 0 bridgehead atoms. The number of aromatic nitrogens is 2. The molecule has 0 aliphatic carbocycles. The fraction of sp³-hybridized carbons (Fsp3) is 0.105. The van der Waals surface area contributed by atoms with Crippen LogP contribution in [0.3, 0.4) is 0 Å². The van der Waals surface area contributed by atoms with Crippen molar-refractivity contribution in [3.05, 3.63) is 73.1 Å². The highest BCUT2D eigenvalue weighted by Crippen LogP contribution is 2.26. The molecule has 0 aliphatic rings. The summed E-state index contributed by atoms with van der Waals surface area (Å²) < 4.78 is 2.14. The molecule has 1 aromatic heterocycles. The van der Waals surface area contributed by atoms with Crippen LogP contribution in [0.15, 0.2) is 67.3 Å². The molecule has 2 aromatic carbocycles. The minimum Gasteiger partial charge on any atom is -0.297 e. The number of rotatable bonds is 3. The summed E-state index contributed by atoms with van der Waals surface area (Å²) >= 11 is 0. The lowest BCUT2D eigenvalue weighted by atomic mass is 10.1. The number of hydrogen-bond acceptors (Lipinski definition) is 1. The van der Waals surface area contributed by atoms with Crippen molar-refractivity contribution in [3.63, 3.8) is 0 Å². The molecule has 1 heterocycles. The Hall–Kier alpha value is -2.61. The molecule has 0 atom stereocenters. The Morgan fingerprint density at radius 3 is 2.52 bits per heavy atom. The molecule has 0 saturated heterocycles. The number of benzene rings is 2. The van der Waals surface area contributed by atoms with Crippen LogP contribution in [-0.2, 0) is 0 Å². The molecule has 2 nitrogen and oxygen atoms in total. The van der Waals surface area contributed by atoms with E-state index in [0.29, 0.717) is 0 Å². The summed E-state index contributed by atoms with van der Waals surface area (Å²) in [7, 11) is 0. The minimum atomic E-state index is 0.975. The van der Waals surface area contributed by atoms with Gasteiger partial charge in [0.1, 0.15) is 5.82 Å². The van der Waals surface area contributed by atoms with Crippen molar-refractivity contribution in [2.24, 2.45) is 0 Å². The summed E-state index contributed by atoms with van der Waals surface area (Å²) in [5, 5.41) is 0. The van der Waals surface area contributed by atoms with Crippen LogP contribution in [0.5, 0.6) is 0 Å². The zero-order chi connectivity index (χ0) is 14.8. The zero-order valence-electron chi connectivity index (χ0n) is 12.4. The molecule has 0 saturated carbocycles. The maximum atomic E-state index is 4.69. The second-order valence-corrected chi connectivity index (χ2v) is 4.98. The Kier molecular flexibility index (Phi) is 3.44. The lowest BCUT2D eigenvalue weighted by Crippen LogP contribution is -1.96. The molecule has 3 rings (SSSR count). The standard InChI is InChI=1S/C19H18N2/c1-4-17(5-2)21-14(3)20-18-13-16(11-12-19(18)21)15-9-7-6-8-10-15/h4-13H,1H2,2-3H3/b17-5+. The molecule has 0 aliphatic heterocycles. The van der Waals surface area contributed by atoms with Crippen LogP contribution in [0.2, 0.25) is 0 Å². The highest BCUT2D eigenvalue weighted by atomic mass is 15.1. The lowest BCUT2D eigenvalue weighted by Gasteiger charge is -2.07. The average Bonchev–Trinajstić information content (AvgIpc) is 2.85. The van der Waals surface area contributed by atoms with Crippen molar-refractivity contribution in [1.82, 2.24) is 9.55 Å². The van der Waals surface area contributed by atoms with Gasteiger partial charge < -0.3 is 0 Å². The number of nitrogens with zero attached hydrogens (tertiary/aromatic N) is 2. The van der Waals surface area contributed by atoms with E-state index in [2.05, 4.69) is 53.6 Å². The van der Waals surface area contributed by atoms with E-state index in [4.69, 9.17) is 4.98 Å². The van der Waals surface area contributed by atoms with Crippen LogP contribution in [0.1, 0.15) is 12.7 Å². The largest absolute Gasteiger partial charge is 0.297 e. The highest BCUT2D eigenvalue weighted by Gasteiger charge is 2.10. The average molecular weight is 274 g/mol. The first kappa shape index (κ1) is 13.4. The second-order valence-electron chi connectivity index (χ2n) is 4.98. The number of fused-ring (bicyclic) bond motifs is 1. The molecular formula is C19H18N2. The molecule has 0 amide bonds. The molecule has 0 fully saturated rings. The summed E-state index contributed by atoms with van der Waals surface area (Å²) in [6.45, 7) is 7.92. The van der Waals surface area contributed by atoms with Crippen LogP contribution in [-0.4, -0.2) is 9.55 Å². The number of hydrogen-bond donors (Lipinski definition) is 0. The minimum absolute atomic E-state index is 0.975. The molecular weight excluding hydrogens is 256 g/mol. The first-order valence-corrected chi connectivity index (χ1v) is 7.08.